The summed E-state index contributed by atoms with van der Waals surface area (Å²) in [5.41, 5.74) is 0.201. The Balaban J connectivity index is 2.22. The zero-order valence-electron chi connectivity index (χ0n) is 9.77. The van der Waals surface area contributed by atoms with Crippen LogP contribution in [0.25, 0.3) is 0 Å². The Morgan fingerprint density at radius 1 is 1.56 bits per heavy atom. The summed E-state index contributed by atoms with van der Waals surface area (Å²) in [6.07, 6.45) is 2.21. The fraction of sp³-hybridized carbons (Fsp3) is 0.385. The zero-order chi connectivity index (χ0) is 13.1. The smallest absolute Gasteiger partial charge is 0.257 e. The van der Waals surface area contributed by atoms with Crippen molar-refractivity contribution in [1.29, 1.82) is 5.26 Å². The summed E-state index contributed by atoms with van der Waals surface area (Å²) in [6.45, 7) is 0.395. The molecule has 2 rings (SSSR count). The van der Waals surface area contributed by atoms with E-state index < -0.39 is 0 Å². The molecule has 0 unspecified atom stereocenters. The minimum absolute atomic E-state index is 0.0768. The molecule has 1 aromatic rings. The van der Waals surface area contributed by atoms with Crippen molar-refractivity contribution in [1.82, 2.24) is 4.90 Å². The number of halogens is 1. The molecule has 1 N–H and O–H groups in total. The first kappa shape index (κ1) is 12.7. The number of hydrogen-bond acceptors (Lipinski definition) is 3. The molecule has 0 aromatic heterocycles. The molecular formula is C13H13ClN2O2. The van der Waals surface area contributed by atoms with Gasteiger partial charge in [0, 0.05) is 17.6 Å². The second-order valence-electron chi connectivity index (χ2n) is 4.30. The first-order valence-electron chi connectivity index (χ1n) is 5.80. The van der Waals surface area contributed by atoms with Crippen LogP contribution in [0.1, 0.15) is 29.6 Å². The van der Waals surface area contributed by atoms with E-state index in [1.165, 1.54) is 18.2 Å². The molecule has 1 aliphatic rings. The maximum Gasteiger partial charge on any atom is 0.257 e. The lowest BCUT2D eigenvalue weighted by Crippen LogP contribution is -2.34. The Morgan fingerprint density at radius 2 is 2.28 bits per heavy atom. The van der Waals surface area contributed by atoms with Crippen LogP contribution in [0.4, 0.5) is 0 Å². The number of benzene rings is 1. The third-order valence-corrected chi connectivity index (χ3v) is 3.14. The van der Waals surface area contributed by atoms with Gasteiger partial charge in [0.15, 0.2) is 0 Å². The van der Waals surface area contributed by atoms with Crippen molar-refractivity contribution in [2.24, 2.45) is 0 Å². The molecule has 1 aliphatic carbocycles. The summed E-state index contributed by atoms with van der Waals surface area (Å²) in [4.78, 5) is 14.0. The molecule has 1 saturated carbocycles. The average molecular weight is 265 g/mol. The first-order chi connectivity index (χ1) is 8.63. The van der Waals surface area contributed by atoms with Gasteiger partial charge in [0.25, 0.3) is 5.91 Å². The molecule has 5 heteroatoms. The van der Waals surface area contributed by atoms with Crippen LogP contribution >= 0.6 is 11.6 Å². The minimum Gasteiger partial charge on any atom is -0.507 e. The molecular weight excluding hydrogens is 252 g/mol. The Labute approximate surface area is 110 Å². The van der Waals surface area contributed by atoms with Gasteiger partial charge in [0.1, 0.15) is 5.75 Å². The maximum atomic E-state index is 12.3. The van der Waals surface area contributed by atoms with Crippen LogP contribution in [0.15, 0.2) is 18.2 Å². The third kappa shape index (κ3) is 2.74. The third-order valence-electron chi connectivity index (χ3n) is 2.90. The van der Waals surface area contributed by atoms with Crippen LogP contribution in [-0.4, -0.2) is 28.5 Å². The van der Waals surface area contributed by atoms with Crippen LogP contribution in [-0.2, 0) is 0 Å². The van der Waals surface area contributed by atoms with Crippen molar-refractivity contribution < 1.29 is 9.90 Å². The van der Waals surface area contributed by atoms with E-state index in [4.69, 9.17) is 16.9 Å². The van der Waals surface area contributed by atoms with Crippen molar-refractivity contribution in [3.63, 3.8) is 0 Å². The van der Waals surface area contributed by atoms with E-state index in [9.17, 15) is 9.90 Å². The quantitative estimate of drug-likeness (QED) is 0.909. The van der Waals surface area contributed by atoms with Gasteiger partial charge in [0.2, 0.25) is 0 Å². The number of hydrogen-bond donors (Lipinski definition) is 1. The normalized spacial score (nSPS) is 14.0. The molecule has 0 spiro atoms. The van der Waals surface area contributed by atoms with Gasteiger partial charge in [-0.1, -0.05) is 11.6 Å². The van der Waals surface area contributed by atoms with E-state index in [1.54, 1.807) is 4.90 Å². The van der Waals surface area contributed by atoms with E-state index in [0.717, 1.165) is 12.8 Å². The number of carbonyl (C=O) groups is 1. The summed E-state index contributed by atoms with van der Waals surface area (Å²) in [5.74, 6) is -0.334. The molecule has 0 bridgehead atoms. The summed E-state index contributed by atoms with van der Waals surface area (Å²) >= 11 is 5.83. The highest BCUT2D eigenvalue weighted by Crippen LogP contribution is 2.31. The van der Waals surface area contributed by atoms with E-state index in [0.29, 0.717) is 18.0 Å². The van der Waals surface area contributed by atoms with Gasteiger partial charge in [-0.25, -0.2) is 0 Å². The second-order valence-corrected chi connectivity index (χ2v) is 4.74. The molecule has 0 radical (unpaired) electrons. The van der Waals surface area contributed by atoms with Gasteiger partial charge in [-0.2, -0.15) is 5.26 Å². The zero-order valence-corrected chi connectivity index (χ0v) is 10.5. The van der Waals surface area contributed by atoms with Crippen LogP contribution in [0.3, 0.4) is 0 Å². The van der Waals surface area contributed by atoms with Gasteiger partial charge < -0.3 is 10.0 Å². The van der Waals surface area contributed by atoms with Crippen molar-refractivity contribution in [2.45, 2.75) is 25.3 Å². The lowest BCUT2D eigenvalue weighted by molar-refractivity contribution is 0.0744. The molecule has 0 saturated heterocycles. The van der Waals surface area contributed by atoms with Crippen LogP contribution in [0.5, 0.6) is 5.75 Å². The van der Waals surface area contributed by atoms with Gasteiger partial charge in [-0.15, -0.1) is 0 Å². The van der Waals surface area contributed by atoms with E-state index in [2.05, 4.69) is 0 Å². The van der Waals surface area contributed by atoms with Crippen molar-refractivity contribution in [2.75, 3.05) is 6.54 Å². The lowest BCUT2D eigenvalue weighted by Gasteiger charge is -2.21. The van der Waals surface area contributed by atoms with E-state index in [1.807, 2.05) is 6.07 Å². The molecule has 0 aliphatic heterocycles. The first-order valence-corrected chi connectivity index (χ1v) is 6.17. The number of carbonyl (C=O) groups excluding carboxylic acids is 1. The summed E-state index contributed by atoms with van der Waals surface area (Å²) in [5, 5.41) is 18.7. The molecule has 0 heterocycles. The SMILES string of the molecule is N#CCCN(C(=O)c1cc(Cl)ccc1O)C1CC1. The van der Waals surface area contributed by atoms with Crippen LogP contribution < -0.4 is 0 Å². The molecule has 1 amide bonds. The monoisotopic (exact) mass is 264 g/mol. The van der Waals surface area contributed by atoms with Crippen LogP contribution in [0, 0.1) is 11.3 Å². The average Bonchev–Trinajstić information content (AvgIpc) is 3.17. The Morgan fingerprint density at radius 3 is 2.89 bits per heavy atom. The van der Waals surface area contributed by atoms with Gasteiger partial charge in [-0.3, -0.25) is 4.79 Å². The molecule has 1 aromatic carbocycles. The number of amides is 1. The molecule has 94 valence electrons. The van der Waals surface area contributed by atoms with Gasteiger partial charge in [-0.05, 0) is 31.0 Å². The molecule has 4 nitrogen and oxygen atoms in total. The van der Waals surface area contributed by atoms with Crippen LogP contribution in [0.2, 0.25) is 5.02 Å². The van der Waals surface area contributed by atoms with E-state index in [-0.39, 0.29) is 23.3 Å². The number of aromatic hydroxyl groups is 1. The number of phenolic OH excluding ortho intramolecular Hbond substituents is 1. The van der Waals surface area contributed by atoms with E-state index >= 15 is 0 Å². The number of phenols is 1. The molecule has 18 heavy (non-hydrogen) atoms. The molecule has 1 fully saturated rings. The molecule has 0 atom stereocenters. The largest absolute Gasteiger partial charge is 0.507 e. The lowest BCUT2D eigenvalue weighted by atomic mass is 10.1. The highest BCUT2D eigenvalue weighted by atomic mass is 35.5. The highest BCUT2D eigenvalue weighted by molar-refractivity contribution is 6.31. The van der Waals surface area contributed by atoms with Gasteiger partial charge in [0.05, 0.1) is 18.1 Å². The summed E-state index contributed by atoms with van der Waals surface area (Å²) in [6, 6.07) is 6.63. The van der Waals surface area contributed by atoms with Gasteiger partial charge >= 0.3 is 0 Å². The van der Waals surface area contributed by atoms with Crippen molar-refractivity contribution in [3.8, 4) is 11.8 Å². The Kier molecular flexibility index (Phi) is 3.73. The predicted molar refractivity (Wildman–Crippen MR) is 67.4 cm³/mol. The maximum absolute atomic E-state index is 12.3. The number of nitrogens with zero attached hydrogens (tertiary/aromatic N) is 2. The van der Waals surface area contributed by atoms with Crippen molar-refractivity contribution in [3.05, 3.63) is 28.8 Å². The summed E-state index contributed by atoms with van der Waals surface area (Å²) < 4.78 is 0. The van der Waals surface area contributed by atoms with Crippen molar-refractivity contribution >= 4 is 17.5 Å². The Bertz CT molecular complexity index is 506. The number of nitriles is 1. The highest BCUT2D eigenvalue weighted by Gasteiger charge is 2.33. The second kappa shape index (κ2) is 5.28. The summed E-state index contributed by atoms with van der Waals surface area (Å²) in [7, 11) is 0. The predicted octanol–water partition coefficient (Wildman–Crippen LogP) is 2.56. The minimum atomic E-state index is -0.257. The number of rotatable bonds is 4. The fourth-order valence-electron chi connectivity index (χ4n) is 1.84. The standard InChI is InChI=1S/C13H13ClN2O2/c14-9-2-5-12(17)11(8-9)13(18)16(7-1-6-15)10-3-4-10/h2,5,8,10,17H,1,3-4,7H2. The fourth-order valence-corrected chi connectivity index (χ4v) is 2.01. The Hall–Kier alpha value is -1.73. The topological polar surface area (TPSA) is 64.3 Å².